The lowest BCUT2D eigenvalue weighted by Gasteiger charge is -2.07. The fourth-order valence-electron chi connectivity index (χ4n) is 1.49. The molecule has 8 nitrogen and oxygen atoms in total. The monoisotopic (exact) mass is 268 g/mol. The van der Waals surface area contributed by atoms with Gasteiger partial charge in [0.15, 0.2) is 11.9 Å². The Morgan fingerprint density at radius 3 is 2.94 bits per heavy atom. The number of carboxylic acids is 1. The van der Waals surface area contributed by atoms with E-state index in [0.29, 0.717) is 5.82 Å². The van der Waals surface area contributed by atoms with Crippen molar-refractivity contribution in [3.8, 4) is 10.7 Å². The molecule has 2 aromatic heterocycles. The summed E-state index contributed by atoms with van der Waals surface area (Å²) in [6.07, 6.45) is 1.69. The van der Waals surface area contributed by atoms with Gasteiger partial charge in [0.1, 0.15) is 4.88 Å². The summed E-state index contributed by atoms with van der Waals surface area (Å²) in [5.74, 6) is -0.582. The molecule has 0 saturated heterocycles. The van der Waals surface area contributed by atoms with Crippen molar-refractivity contribution in [3.63, 3.8) is 0 Å². The van der Waals surface area contributed by atoms with Crippen molar-refractivity contribution in [2.24, 2.45) is 0 Å². The number of hydrogen-bond acceptors (Lipinski definition) is 7. The summed E-state index contributed by atoms with van der Waals surface area (Å²) < 4.78 is 5.15. The summed E-state index contributed by atoms with van der Waals surface area (Å²) in [7, 11) is 0. The summed E-state index contributed by atoms with van der Waals surface area (Å²) >= 11 is 1.17. The van der Waals surface area contributed by atoms with Gasteiger partial charge in [0, 0.05) is 0 Å². The third kappa shape index (κ3) is 2.21. The number of aliphatic carboxylic acids is 1. The van der Waals surface area contributed by atoms with Crippen LogP contribution in [0.4, 0.5) is 0 Å². The first-order valence-electron chi connectivity index (χ1n) is 5.47. The van der Waals surface area contributed by atoms with Gasteiger partial charge in [-0.2, -0.15) is 0 Å². The second kappa shape index (κ2) is 5.17. The number of aromatic nitrogens is 6. The van der Waals surface area contributed by atoms with E-state index in [-0.39, 0.29) is 0 Å². The minimum Gasteiger partial charge on any atom is -0.480 e. The van der Waals surface area contributed by atoms with Crippen LogP contribution in [0, 0.1) is 0 Å². The number of hydrogen-bond donors (Lipinski definition) is 1. The maximum atomic E-state index is 11.0. The largest absolute Gasteiger partial charge is 0.480 e. The van der Waals surface area contributed by atoms with E-state index in [1.54, 1.807) is 0 Å². The van der Waals surface area contributed by atoms with Crippen molar-refractivity contribution in [2.75, 3.05) is 0 Å². The van der Waals surface area contributed by atoms with Gasteiger partial charge in [-0.1, -0.05) is 17.8 Å². The summed E-state index contributed by atoms with van der Waals surface area (Å²) in [6.45, 7) is 3.56. The second-order valence-electron chi connectivity index (χ2n) is 3.76. The van der Waals surface area contributed by atoms with Crippen molar-refractivity contribution in [3.05, 3.63) is 5.69 Å². The minimum atomic E-state index is -0.988. The van der Waals surface area contributed by atoms with Crippen LogP contribution in [0.3, 0.4) is 0 Å². The van der Waals surface area contributed by atoms with Gasteiger partial charge in [-0.05, 0) is 35.3 Å². The lowest BCUT2D eigenvalue weighted by Crippen LogP contribution is -2.18. The van der Waals surface area contributed by atoms with Gasteiger partial charge < -0.3 is 5.11 Å². The molecule has 0 aliphatic heterocycles. The van der Waals surface area contributed by atoms with Gasteiger partial charge in [-0.3, -0.25) is 0 Å². The molecular weight excluding hydrogens is 256 g/mol. The summed E-state index contributed by atoms with van der Waals surface area (Å²) in [5, 5.41) is 24.2. The van der Waals surface area contributed by atoms with Gasteiger partial charge >= 0.3 is 5.97 Å². The van der Waals surface area contributed by atoms with E-state index < -0.39 is 12.0 Å². The molecule has 0 aromatic carbocycles. The van der Waals surface area contributed by atoms with E-state index in [2.05, 4.69) is 25.1 Å². The van der Waals surface area contributed by atoms with Gasteiger partial charge in [-0.15, -0.1) is 10.2 Å². The number of carboxylic acid groups (broad SMARTS) is 1. The molecule has 2 heterocycles. The fraction of sp³-hybridized carbons (Fsp3) is 0.556. The molecule has 0 bridgehead atoms. The van der Waals surface area contributed by atoms with Crippen LogP contribution in [0.15, 0.2) is 0 Å². The predicted molar refractivity (Wildman–Crippen MR) is 63.1 cm³/mol. The number of nitrogens with zero attached hydrogens (tertiary/aromatic N) is 6. The van der Waals surface area contributed by atoms with Gasteiger partial charge in [0.05, 0.1) is 5.69 Å². The van der Waals surface area contributed by atoms with E-state index in [9.17, 15) is 4.79 Å². The minimum absolute atomic E-state index is 0.406. The van der Waals surface area contributed by atoms with E-state index in [0.717, 1.165) is 23.4 Å². The Labute approximate surface area is 107 Å². The van der Waals surface area contributed by atoms with Crippen LogP contribution >= 0.6 is 11.5 Å². The average molecular weight is 268 g/mol. The lowest BCUT2D eigenvalue weighted by atomic mass is 10.2. The standard InChI is InChI=1S/C9H12N6O2S/c1-3-4-6-7(18-14-10-6)8-11-12-13-15(8)5(2)9(16)17/h5H,3-4H2,1-2H3,(H,16,17). The average Bonchev–Trinajstić information content (AvgIpc) is 2.95. The molecule has 0 amide bonds. The summed E-state index contributed by atoms with van der Waals surface area (Å²) in [5.41, 5.74) is 0.802. The summed E-state index contributed by atoms with van der Waals surface area (Å²) in [4.78, 5) is 11.7. The quantitative estimate of drug-likeness (QED) is 0.854. The van der Waals surface area contributed by atoms with Crippen molar-refractivity contribution < 1.29 is 9.90 Å². The van der Waals surface area contributed by atoms with Crippen LogP contribution < -0.4 is 0 Å². The fourth-order valence-corrected chi connectivity index (χ4v) is 2.17. The highest BCUT2D eigenvalue weighted by Crippen LogP contribution is 2.26. The molecule has 2 rings (SSSR count). The van der Waals surface area contributed by atoms with Crippen molar-refractivity contribution in [1.29, 1.82) is 0 Å². The van der Waals surface area contributed by atoms with Gasteiger partial charge in [0.2, 0.25) is 0 Å². The molecule has 0 fully saturated rings. The zero-order valence-corrected chi connectivity index (χ0v) is 10.8. The maximum absolute atomic E-state index is 11.0. The van der Waals surface area contributed by atoms with Crippen LogP contribution in [0.2, 0.25) is 0 Å². The molecule has 1 atom stereocenters. The maximum Gasteiger partial charge on any atom is 0.328 e. The first kappa shape index (κ1) is 12.6. The Bertz CT molecular complexity index is 551. The highest BCUT2D eigenvalue weighted by molar-refractivity contribution is 7.09. The first-order valence-corrected chi connectivity index (χ1v) is 6.24. The second-order valence-corrected chi connectivity index (χ2v) is 4.51. The molecule has 96 valence electrons. The van der Waals surface area contributed by atoms with Crippen LogP contribution in [0.1, 0.15) is 32.0 Å². The molecule has 1 unspecified atom stereocenters. The van der Waals surface area contributed by atoms with Crippen molar-refractivity contribution in [1.82, 2.24) is 29.8 Å². The third-order valence-corrected chi connectivity index (χ3v) is 3.23. The zero-order chi connectivity index (χ0) is 13.1. The molecule has 1 N–H and O–H groups in total. The zero-order valence-electron chi connectivity index (χ0n) is 9.94. The number of rotatable bonds is 5. The normalized spacial score (nSPS) is 12.6. The van der Waals surface area contributed by atoms with Crippen LogP contribution in [-0.4, -0.2) is 40.9 Å². The van der Waals surface area contributed by atoms with Crippen LogP contribution in [-0.2, 0) is 11.2 Å². The molecule has 0 aliphatic rings. The van der Waals surface area contributed by atoms with E-state index in [1.807, 2.05) is 6.92 Å². The molecule has 0 spiro atoms. The topological polar surface area (TPSA) is 107 Å². The Morgan fingerprint density at radius 2 is 2.28 bits per heavy atom. The number of aryl methyl sites for hydroxylation is 1. The predicted octanol–water partition coefficient (Wildman–Crippen LogP) is 0.790. The van der Waals surface area contributed by atoms with Gasteiger partial charge in [-0.25, -0.2) is 9.48 Å². The highest BCUT2D eigenvalue weighted by Gasteiger charge is 2.23. The molecule has 18 heavy (non-hydrogen) atoms. The molecule has 0 aliphatic carbocycles. The third-order valence-electron chi connectivity index (χ3n) is 2.46. The molecular formula is C9H12N6O2S. The smallest absolute Gasteiger partial charge is 0.328 e. The Balaban J connectivity index is 2.42. The van der Waals surface area contributed by atoms with E-state index in [4.69, 9.17) is 5.11 Å². The van der Waals surface area contributed by atoms with Crippen LogP contribution in [0.5, 0.6) is 0 Å². The van der Waals surface area contributed by atoms with Crippen molar-refractivity contribution in [2.45, 2.75) is 32.7 Å². The first-order chi connectivity index (χ1) is 8.65. The lowest BCUT2D eigenvalue weighted by molar-refractivity contribution is -0.140. The van der Waals surface area contributed by atoms with E-state index >= 15 is 0 Å². The van der Waals surface area contributed by atoms with E-state index in [1.165, 1.54) is 23.1 Å². The Kier molecular flexibility index (Phi) is 3.60. The molecule has 9 heteroatoms. The Hall–Kier alpha value is -1.90. The van der Waals surface area contributed by atoms with Crippen LogP contribution in [0.25, 0.3) is 10.7 Å². The SMILES string of the molecule is CCCc1nnsc1-c1nnnn1C(C)C(=O)O. The van der Waals surface area contributed by atoms with Gasteiger partial charge in [0.25, 0.3) is 0 Å². The number of tetrazole rings is 1. The summed E-state index contributed by atoms with van der Waals surface area (Å²) in [6, 6.07) is -0.827. The number of carbonyl (C=O) groups is 1. The molecule has 2 aromatic rings. The highest BCUT2D eigenvalue weighted by atomic mass is 32.1. The molecule has 0 radical (unpaired) electrons. The Morgan fingerprint density at radius 1 is 1.50 bits per heavy atom. The van der Waals surface area contributed by atoms with Crippen molar-refractivity contribution >= 4 is 17.5 Å². The molecule has 0 saturated carbocycles.